The summed E-state index contributed by atoms with van der Waals surface area (Å²) in [5.74, 6) is 0.365. The van der Waals surface area contributed by atoms with Crippen LogP contribution in [0.4, 0.5) is 5.69 Å². The van der Waals surface area contributed by atoms with Crippen molar-refractivity contribution in [3.63, 3.8) is 0 Å². The number of hydrogen-bond donors (Lipinski definition) is 2. The number of pyridine rings is 1. The van der Waals surface area contributed by atoms with Crippen LogP contribution in [0.5, 0.6) is 0 Å². The van der Waals surface area contributed by atoms with Gasteiger partial charge in [0.25, 0.3) is 0 Å². The Balaban J connectivity index is 2.09. The van der Waals surface area contributed by atoms with Crippen LogP contribution in [0.2, 0.25) is 0 Å². The molecule has 4 nitrogen and oxygen atoms in total. The Morgan fingerprint density at radius 1 is 1.06 bits per heavy atom. The van der Waals surface area contributed by atoms with Crippen LogP contribution < -0.4 is 11.2 Å². The lowest BCUT2D eigenvalue weighted by atomic mass is 10.3. The van der Waals surface area contributed by atoms with Gasteiger partial charge in [0.2, 0.25) is 0 Å². The average molecular weight is 212 g/mol. The molecule has 0 aliphatic carbocycles. The molecule has 16 heavy (non-hydrogen) atoms. The van der Waals surface area contributed by atoms with Gasteiger partial charge in [0.05, 0.1) is 5.69 Å². The Kier molecular flexibility index (Phi) is 3.13. The van der Waals surface area contributed by atoms with Gasteiger partial charge in [0.15, 0.2) is 5.84 Å². The molecule has 0 fully saturated rings. The molecule has 2 aromatic rings. The van der Waals surface area contributed by atoms with Crippen LogP contribution in [0.15, 0.2) is 59.8 Å². The lowest BCUT2D eigenvalue weighted by Gasteiger charge is -2.01. The zero-order chi connectivity index (χ0) is 11.2. The van der Waals surface area contributed by atoms with Gasteiger partial charge < -0.3 is 5.73 Å². The summed E-state index contributed by atoms with van der Waals surface area (Å²) in [6.45, 7) is 0. The number of nitrogens with one attached hydrogen (secondary N) is 1. The third-order valence-electron chi connectivity index (χ3n) is 2.01. The molecule has 0 aliphatic rings. The van der Waals surface area contributed by atoms with Crippen LogP contribution in [0, 0.1) is 0 Å². The third-order valence-corrected chi connectivity index (χ3v) is 2.01. The molecule has 0 radical (unpaired) electrons. The summed E-state index contributed by atoms with van der Waals surface area (Å²) >= 11 is 0. The van der Waals surface area contributed by atoms with E-state index in [2.05, 4.69) is 15.5 Å². The average Bonchev–Trinajstić information content (AvgIpc) is 2.38. The Morgan fingerprint density at radius 3 is 2.50 bits per heavy atom. The second-order valence-electron chi connectivity index (χ2n) is 3.19. The molecule has 1 aromatic heterocycles. The van der Waals surface area contributed by atoms with Crippen molar-refractivity contribution in [3.8, 4) is 0 Å². The summed E-state index contributed by atoms with van der Waals surface area (Å²) in [5, 5.41) is 4.05. The molecule has 0 atom stereocenters. The number of nitrogens with zero attached hydrogens (tertiary/aromatic N) is 2. The molecule has 0 saturated carbocycles. The highest BCUT2D eigenvalue weighted by molar-refractivity contribution is 5.95. The standard InChI is InChI=1S/C12H12N4/c13-12(11-8-4-5-9-14-11)16-15-10-6-2-1-3-7-10/h1-9,15H,(H2,13,16). The van der Waals surface area contributed by atoms with Crippen LogP contribution in [0.25, 0.3) is 0 Å². The van der Waals surface area contributed by atoms with Crippen LogP contribution >= 0.6 is 0 Å². The lowest BCUT2D eigenvalue weighted by Crippen LogP contribution is -2.16. The number of nitrogens with two attached hydrogens (primary N) is 1. The smallest absolute Gasteiger partial charge is 0.169 e. The first kappa shape index (κ1) is 10.2. The number of rotatable bonds is 3. The second-order valence-corrected chi connectivity index (χ2v) is 3.19. The third kappa shape index (κ3) is 2.57. The van der Waals surface area contributed by atoms with Gasteiger partial charge >= 0.3 is 0 Å². The minimum atomic E-state index is 0.365. The molecule has 0 spiro atoms. The van der Waals surface area contributed by atoms with Crippen molar-refractivity contribution < 1.29 is 0 Å². The van der Waals surface area contributed by atoms with Crippen molar-refractivity contribution >= 4 is 11.5 Å². The summed E-state index contributed by atoms with van der Waals surface area (Å²) in [6.07, 6.45) is 1.68. The van der Waals surface area contributed by atoms with E-state index in [-0.39, 0.29) is 0 Å². The zero-order valence-electron chi connectivity index (χ0n) is 8.67. The number of benzene rings is 1. The highest BCUT2D eigenvalue weighted by Crippen LogP contribution is 2.04. The first-order chi connectivity index (χ1) is 7.86. The molecular formula is C12H12N4. The maximum atomic E-state index is 5.77. The van der Waals surface area contributed by atoms with Gasteiger partial charge in [-0.1, -0.05) is 24.3 Å². The number of aromatic nitrogens is 1. The topological polar surface area (TPSA) is 63.3 Å². The quantitative estimate of drug-likeness (QED) is 0.463. The monoisotopic (exact) mass is 212 g/mol. The van der Waals surface area contributed by atoms with Gasteiger partial charge in [-0.15, -0.1) is 0 Å². The van der Waals surface area contributed by atoms with Gasteiger partial charge in [-0.2, -0.15) is 5.10 Å². The molecule has 4 heteroatoms. The first-order valence-corrected chi connectivity index (χ1v) is 4.92. The first-order valence-electron chi connectivity index (χ1n) is 4.92. The van der Waals surface area contributed by atoms with Crippen LogP contribution in [-0.4, -0.2) is 10.8 Å². The molecule has 1 heterocycles. The molecule has 1 aromatic carbocycles. The summed E-state index contributed by atoms with van der Waals surface area (Å²) in [6, 6.07) is 15.1. The molecule has 0 amide bonds. The molecular weight excluding hydrogens is 200 g/mol. The van der Waals surface area contributed by atoms with Crippen molar-refractivity contribution in [2.45, 2.75) is 0 Å². The molecule has 0 saturated heterocycles. The molecule has 2 rings (SSSR count). The number of hydrazone groups is 1. The predicted octanol–water partition coefficient (Wildman–Crippen LogP) is 1.81. The van der Waals surface area contributed by atoms with Gasteiger partial charge in [0, 0.05) is 6.20 Å². The van der Waals surface area contributed by atoms with Crippen LogP contribution in [0.1, 0.15) is 5.69 Å². The van der Waals surface area contributed by atoms with E-state index in [1.807, 2.05) is 48.5 Å². The lowest BCUT2D eigenvalue weighted by molar-refractivity contribution is 1.24. The van der Waals surface area contributed by atoms with Crippen molar-refractivity contribution in [2.24, 2.45) is 10.8 Å². The number of para-hydroxylation sites is 1. The van der Waals surface area contributed by atoms with Crippen LogP contribution in [0.3, 0.4) is 0 Å². The predicted molar refractivity (Wildman–Crippen MR) is 65.0 cm³/mol. The molecule has 80 valence electrons. The minimum Gasteiger partial charge on any atom is -0.380 e. The Bertz CT molecular complexity index is 465. The van der Waals surface area contributed by atoms with Gasteiger partial charge in [-0.25, -0.2) is 0 Å². The van der Waals surface area contributed by atoms with E-state index in [0.29, 0.717) is 11.5 Å². The highest BCUT2D eigenvalue weighted by Gasteiger charge is 1.97. The van der Waals surface area contributed by atoms with Gasteiger partial charge in [-0.3, -0.25) is 10.4 Å². The summed E-state index contributed by atoms with van der Waals surface area (Å²) in [7, 11) is 0. The number of amidine groups is 1. The SMILES string of the molecule is N/C(=N\Nc1ccccc1)c1ccccn1. The summed E-state index contributed by atoms with van der Waals surface area (Å²) in [5.41, 5.74) is 10.2. The Hall–Kier alpha value is -2.36. The fourth-order valence-corrected chi connectivity index (χ4v) is 1.21. The highest BCUT2D eigenvalue weighted by atomic mass is 15.3. The van der Waals surface area contributed by atoms with E-state index in [0.717, 1.165) is 5.69 Å². The Morgan fingerprint density at radius 2 is 1.81 bits per heavy atom. The minimum absolute atomic E-state index is 0.365. The second kappa shape index (κ2) is 4.93. The normalized spacial score (nSPS) is 11.1. The van der Waals surface area contributed by atoms with Crippen LogP contribution in [-0.2, 0) is 0 Å². The fourth-order valence-electron chi connectivity index (χ4n) is 1.21. The maximum Gasteiger partial charge on any atom is 0.169 e. The molecule has 0 aliphatic heterocycles. The van der Waals surface area contributed by atoms with Gasteiger partial charge in [0.1, 0.15) is 5.69 Å². The van der Waals surface area contributed by atoms with Gasteiger partial charge in [-0.05, 0) is 24.3 Å². The fraction of sp³-hybridized carbons (Fsp3) is 0. The number of anilines is 1. The van der Waals surface area contributed by atoms with Crippen molar-refractivity contribution in [1.82, 2.24) is 4.98 Å². The summed E-state index contributed by atoms with van der Waals surface area (Å²) in [4.78, 5) is 4.10. The van der Waals surface area contributed by atoms with Crippen molar-refractivity contribution in [2.75, 3.05) is 5.43 Å². The number of hydrogen-bond acceptors (Lipinski definition) is 3. The van der Waals surface area contributed by atoms with Crippen molar-refractivity contribution in [1.29, 1.82) is 0 Å². The van der Waals surface area contributed by atoms with E-state index >= 15 is 0 Å². The van der Waals surface area contributed by atoms with E-state index in [1.54, 1.807) is 6.20 Å². The Labute approximate surface area is 93.8 Å². The van der Waals surface area contributed by atoms with E-state index in [1.165, 1.54) is 0 Å². The van der Waals surface area contributed by atoms with E-state index in [4.69, 9.17) is 5.73 Å². The van der Waals surface area contributed by atoms with Crippen molar-refractivity contribution in [3.05, 3.63) is 60.4 Å². The zero-order valence-corrected chi connectivity index (χ0v) is 8.67. The largest absolute Gasteiger partial charge is 0.380 e. The van der Waals surface area contributed by atoms with E-state index in [9.17, 15) is 0 Å². The van der Waals surface area contributed by atoms with E-state index < -0.39 is 0 Å². The summed E-state index contributed by atoms with van der Waals surface area (Å²) < 4.78 is 0. The molecule has 3 N–H and O–H groups in total. The molecule has 0 bridgehead atoms. The molecule has 0 unspecified atom stereocenters. The maximum absolute atomic E-state index is 5.77.